The molecule has 2 aromatic rings. The molecule has 0 saturated heterocycles. The summed E-state index contributed by atoms with van der Waals surface area (Å²) in [5.41, 5.74) is 0. The second-order valence-corrected chi connectivity index (χ2v) is 13.8. The Bertz CT molecular complexity index is 831. The number of esters is 1. The Morgan fingerprint density at radius 1 is 0.969 bits per heavy atom. The van der Waals surface area contributed by atoms with Crippen LogP contribution in [0.4, 0.5) is 0 Å². The highest BCUT2D eigenvalue weighted by Crippen LogP contribution is 2.37. The SMILES string of the molecule is C=CC(=O)O[C@H]([C@@H](C)C=C)[C@@H](C)CCO[Si](c1ccccc1)(c1ccccc1)C(C)(C)C. The molecule has 2 rings (SSSR count). The molecule has 0 unspecified atom stereocenters. The van der Waals surface area contributed by atoms with Crippen LogP contribution in [-0.4, -0.2) is 27.0 Å². The van der Waals surface area contributed by atoms with Gasteiger partial charge < -0.3 is 9.16 Å². The van der Waals surface area contributed by atoms with Gasteiger partial charge in [-0.1, -0.05) is 108 Å². The second-order valence-electron chi connectivity index (χ2n) is 9.48. The van der Waals surface area contributed by atoms with E-state index in [1.165, 1.54) is 16.4 Å². The van der Waals surface area contributed by atoms with Crippen LogP contribution < -0.4 is 10.4 Å². The van der Waals surface area contributed by atoms with Crippen LogP contribution in [0.3, 0.4) is 0 Å². The molecule has 0 heterocycles. The van der Waals surface area contributed by atoms with Crippen LogP contribution in [0.25, 0.3) is 0 Å². The van der Waals surface area contributed by atoms with Crippen LogP contribution in [-0.2, 0) is 14.0 Å². The van der Waals surface area contributed by atoms with E-state index in [9.17, 15) is 4.79 Å². The molecule has 0 fully saturated rings. The van der Waals surface area contributed by atoms with E-state index in [1.54, 1.807) is 0 Å². The van der Waals surface area contributed by atoms with Crippen LogP contribution in [0.2, 0.25) is 5.04 Å². The molecule has 2 aromatic carbocycles. The summed E-state index contributed by atoms with van der Waals surface area (Å²) in [7, 11) is -2.57. The summed E-state index contributed by atoms with van der Waals surface area (Å²) in [5, 5.41) is 2.46. The van der Waals surface area contributed by atoms with E-state index in [0.29, 0.717) is 6.61 Å². The third-order valence-electron chi connectivity index (χ3n) is 6.18. The van der Waals surface area contributed by atoms with Gasteiger partial charge in [-0.2, -0.15) is 0 Å². The van der Waals surface area contributed by atoms with E-state index in [4.69, 9.17) is 9.16 Å². The summed E-state index contributed by atoms with van der Waals surface area (Å²) in [4.78, 5) is 11.9. The minimum absolute atomic E-state index is 0.0433. The van der Waals surface area contributed by atoms with E-state index in [2.05, 4.69) is 89.4 Å². The fourth-order valence-corrected chi connectivity index (χ4v) is 8.96. The Balaban J connectivity index is 2.34. The fraction of sp³-hybridized carbons (Fsp3) is 0.393. The number of benzene rings is 2. The van der Waals surface area contributed by atoms with E-state index >= 15 is 0 Å². The lowest BCUT2D eigenvalue weighted by molar-refractivity contribution is -0.147. The Hall–Kier alpha value is -2.43. The van der Waals surface area contributed by atoms with Gasteiger partial charge in [0.25, 0.3) is 8.32 Å². The van der Waals surface area contributed by atoms with Crippen LogP contribution >= 0.6 is 0 Å². The lowest BCUT2D eigenvalue weighted by atomic mass is 9.91. The Morgan fingerprint density at radius 3 is 1.88 bits per heavy atom. The highest BCUT2D eigenvalue weighted by atomic mass is 28.4. The predicted molar refractivity (Wildman–Crippen MR) is 137 cm³/mol. The normalized spacial score (nSPS) is 14.8. The van der Waals surface area contributed by atoms with Crippen LogP contribution in [0.15, 0.2) is 86.0 Å². The van der Waals surface area contributed by atoms with Crippen molar-refractivity contribution < 1.29 is 14.0 Å². The molecule has 3 atom stereocenters. The molecular formula is C28H38O3Si. The highest BCUT2D eigenvalue weighted by Gasteiger charge is 2.50. The summed E-state index contributed by atoms with van der Waals surface area (Å²) < 4.78 is 12.6. The topological polar surface area (TPSA) is 35.5 Å². The molecule has 0 bridgehead atoms. The summed E-state index contributed by atoms with van der Waals surface area (Å²) in [6, 6.07) is 21.3. The molecule has 0 aromatic heterocycles. The maximum atomic E-state index is 11.9. The molecular weight excluding hydrogens is 412 g/mol. The first kappa shape index (κ1) is 25.8. The highest BCUT2D eigenvalue weighted by molar-refractivity contribution is 6.99. The maximum Gasteiger partial charge on any atom is 0.330 e. The molecule has 172 valence electrons. The molecule has 0 aliphatic carbocycles. The van der Waals surface area contributed by atoms with Crippen LogP contribution in [0.1, 0.15) is 41.0 Å². The lowest BCUT2D eigenvalue weighted by Crippen LogP contribution is -2.66. The first-order valence-electron chi connectivity index (χ1n) is 11.4. The molecule has 0 N–H and O–H groups in total. The smallest absolute Gasteiger partial charge is 0.330 e. The summed E-state index contributed by atoms with van der Waals surface area (Å²) >= 11 is 0. The van der Waals surface area contributed by atoms with Crippen LogP contribution in [0.5, 0.6) is 0 Å². The average Bonchev–Trinajstić information content (AvgIpc) is 2.79. The van der Waals surface area contributed by atoms with Crippen molar-refractivity contribution in [2.45, 2.75) is 52.2 Å². The van der Waals surface area contributed by atoms with E-state index < -0.39 is 14.3 Å². The zero-order chi connectivity index (χ0) is 23.8. The fourth-order valence-electron chi connectivity index (χ4n) is 4.38. The molecule has 3 nitrogen and oxygen atoms in total. The Morgan fingerprint density at radius 2 is 1.47 bits per heavy atom. The average molecular weight is 451 g/mol. The Labute approximate surface area is 195 Å². The van der Waals surface area contributed by atoms with Gasteiger partial charge >= 0.3 is 5.97 Å². The number of rotatable bonds is 11. The van der Waals surface area contributed by atoms with Gasteiger partial charge in [0.1, 0.15) is 6.10 Å². The Kier molecular flexibility index (Phi) is 9.23. The number of carbonyl (C=O) groups excluding carboxylic acids is 1. The quantitative estimate of drug-likeness (QED) is 0.196. The standard InChI is InChI=1S/C28H38O3Si/c1-8-22(3)27(31-26(29)9-2)23(4)20-21-30-32(28(5,6)7,24-16-12-10-13-17-24)25-18-14-11-15-19-25/h8-19,22-23,27H,1-2,20-21H2,3-7H3/t22-,23-,27+/m0/s1. The van der Waals surface area contributed by atoms with Crippen molar-refractivity contribution in [3.63, 3.8) is 0 Å². The summed E-state index contributed by atoms with van der Waals surface area (Å²) in [5.74, 6) is -0.240. The van der Waals surface area contributed by atoms with Crippen molar-refractivity contribution in [3.8, 4) is 0 Å². The molecule has 0 spiro atoms. The molecule has 32 heavy (non-hydrogen) atoms. The number of hydrogen-bond acceptors (Lipinski definition) is 3. The largest absolute Gasteiger partial charge is 0.458 e. The number of carbonyl (C=O) groups is 1. The lowest BCUT2D eigenvalue weighted by Gasteiger charge is -2.43. The second kappa shape index (κ2) is 11.4. The van der Waals surface area contributed by atoms with Gasteiger partial charge in [-0.05, 0) is 27.8 Å². The van der Waals surface area contributed by atoms with Crippen molar-refractivity contribution in [3.05, 3.63) is 86.0 Å². The van der Waals surface area contributed by atoms with Gasteiger partial charge in [0, 0.05) is 18.6 Å². The van der Waals surface area contributed by atoms with Gasteiger partial charge in [-0.15, -0.1) is 6.58 Å². The number of ether oxygens (including phenoxy) is 1. The molecule has 0 radical (unpaired) electrons. The van der Waals surface area contributed by atoms with Crippen molar-refractivity contribution in [1.82, 2.24) is 0 Å². The third-order valence-corrected chi connectivity index (χ3v) is 11.2. The summed E-state index contributed by atoms with van der Waals surface area (Å²) in [6.07, 6.45) is 3.56. The van der Waals surface area contributed by atoms with Gasteiger partial charge in [0.05, 0.1) is 0 Å². The molecule has 4 heteroatoms. The van der Waals surface area contributed by atoms with Crippen LogP contribution in [0, 0.1) is 11.8 Å². The van der Waals surface area contributed by atoms with Crippen molar-refractivity contribution in [2.75, 3.05) is 6.61 Å². The molecule has 0 aliphatic heterocycles. The minimum atomic E-state index is -2.57. The van der Waals surface area contributed by atoms with Gasteiger partial charge in [0.15, 0.2) is 0 Å². The van der Waals surface area contributed by atoms with E-state index in [-0.39, 0.29) is 23.0 Å². The van der Waals surface area contributed by atoms with E-state index in [1.807, 2.05) is 25.1 Å². The molecule has 0 amide bonds. The zero-order valence-electron chi connectivity index (χ0n) is 20.2. The van der Waals surface area contributed by atoms with Crippen molar-refractivity contribution in [2.24, 2.45) is 11.8 Å². The maximum absolute atomic E-state index is 11.9. The predicted octanol–water partition coefficient (Wildman–Crippen LogP) is 5.51. The van der Waals surface area contributed by atoms with Gasteiger partial charge in [-0.25, -0.2) is 4.79 Å². The van der Waals surface area contributed by atoms with Crippen molar-refractivity contribution >= 4 is 24.7 Å². The van der Waals surface area contributed by atoms with E-state index in [0.717, 1.165) is 6.42 Å². The molecule has 0 saturated carbocycles. The third kappa shape index (κ3) is 5.87. The van der Waals surface area contributed by atoms with Gasteiger partial charge in [-0.3, -0.25) is 0 Å². The zero-order valence-corrected chi connectivity index (χ0v) is 21.2. The first-order chi connectivity index (χ1) is 15.2. The minimum Gasteiger partial charge on any atom is -0.458 e. The number of hydrogen-bond donors (Lipinski definition) is 0. The van der Waals surface area contributed by atoms with Crippen molar-refractivity contribution in [1.29, 1.82) is 0 Å². The first-order valence-corrected chi connectivity index (χ1v) is 13.3. The molecule has 0 aliphatic rings. The van der Waals surface area contributed by atoms with Gasteiger partial charge in [0.2, 0.25) is 0 Å². The monoisotopic (exact) mass is 450 g/mol. The summed E-state index contributed by atoms with van der Waals surface area (Å²) in [6.45, 7) is 19.0.